The Balaban J connectivity index is 2.09. The number of hydrogen-bond acceptors (Lipinski definition) is 3. The monoisotopic (exact) mass is 395 g/mol. The van der Waals surface area contributed by atoms with Gasteiger partial charge in [-0.2, -0.15) is 13.2 Å². The zero-order chi connectivity index (χ0) is 20.9. The van der Waals surface area contributed by atoms with Crippen molar-refractivity contribution in [1.29, 1.82) is 0 Å². The van der Waals surface area contributed by atoms with Crippen molar-refractivity contribution in [2.45, 2.75) is 25.6 Å². The molecule has 28 heavy (non-hydrogen) atoms. The molecule has 0 spiro atoms. The van der Waals surface area contributed by atoms with Gasteiger partial charge in [-0.1, -0.05) is 37.3 Å². The fourth-order valence-electron chi connectivity index (χ4n) is 2.69. The van der Waals surface area contributed by atoms with Gasteiger partial charge in [0.1, 0.15) is 5.75 Å². The largest absolute Gasteiger partial charge is 0.497 e. The molecule has 0 radical (unpaired) electrons. The molecule has 0 bridgehead atoms. The first-order valence-corrected chi connectivity index (χ1v) is 8.45. The second-order valence-electron chi connectivity index (χ2n) is 6.36. The van der Waals surface area contributed by atoms with Gasteiger partial charge in [0, 0.05) is 5.92 Å². The Morgan fingerprint density at radius 3 is 2.32 bits per heavy atom. The molecular weight excluding hydrogens is 375 g/mol. The van der Waals surface area contributed by atoms with Crippen LogP contribution in [-0.4, -0.2) is 24.1 Å². The normalized spacial score (nSPS) is 13.5. The van der Waals surface area contributed by atoms with Crippen LogP contribution in [0.4, 0.5) is 13.2 Å². The van der Waals surface area contributed by atoms with Crippen LogP contribution in [0.25, 0.3) is 0 Å². The molecule has 0 aliphatic heterocycles. The number of carbonyl (C=O) groups is 2. The number of benzene rings is 2. The minimum Gasteiger partial charge on any atom is -0.497 e. The number of ether oxygens (including phenoxy) is 1. The average molecular weight is 395 g/mol. The van der Waals surface area contributed by atoms with E-state index in [2.05, 4.69) is 5.32 Å². The Morgan fingerprint density at radius 2 is 1.79 bits per heavy atom. The molecule has 2 aromatic carbocycles. The van der Waals surface area contributed by atoms with Crippen LogP contribution in [0.2, 0.25) is 0 Å². The molecule has 0 aromatic heterocycles. The van der Waals surface area contributed by atoms with Crippen LogP contribution in [0.1, 0.15) is 29.7 Å². The second kappa shape index (κ2) is 8.77. The van der Waals surface area contributed by atoms with Crippen LogP contribution >= 0.6 is 0 Å². The van der Waals surface area contributed by atoms with Crippen molar-refractivity contribution in [3.63, 3.8) is 0 Å². The van der Waals surface area contributed by atoms with Crippen molar-refractivity contribution in [3.05, 3.63) is 65.2 Å². The molecule has 8 heteroatoms. The van der Waals surface area contributed by atoms with E-state index in [1.165, 1.54) is 38.3 Å². The number of nitrogens with one attached hydrogen (secondary N) is 1. The summed E-state index contributed by atoms with van der Waals surface area (Å²) in [6.45, 7) is 1.53. The lowest BCUT2D eigenvalue weighted by Gasteiger charge is -2.19. The van der Waals surface area contributed by atoms with Gasteiger partial charge < -0.3 is 15.2 Å². The molecule has 2 unspecified atom stereocenters. The lowest BCUT2D eigenvalue weighted by molar-refractivity contribution is -0.142. The summed E-state index contributed by atoms with van der Waals surface area (Å²) in [4.78, 5) is 24.0. The molecule has 2 atom stereocenters. The van der Waals surface area contributed by atoms with Gasteiger partial charge in [0.25, 0.3) is 0 Å². The third kappa shape index (κ3) is 5.48. The standard InChI is InChI=1S/C20H20F3NO4/c1-12(10-13-4-3-5-15(11-13)20(21,22)23)18(25)24-17(19(26)27)14-6-8-16(28-2)9-7-14/h3-9,11-12,17H,10H2,1-2H3,(H,24,25)(H,26,27). The summed E-state index contributed by atoms with van der Waals surface area (Å²) in [5.74, 6) is -1.99. The fourth-order valence-corrected chi connectivity index (χ4v) is 2.69. The first kappa shape index (κ1) is 21.3. The van der Waals surface area contributed by atoms with Gasteiger partial charge in [0.2, 0.25) is 5.91 Å². The molecule has 2 N–H and O–H groups in total. The lowest BCUT2D eigenvalue weighted by atomic mass is 9.97. The molecule has 0 aliphatic carbocycles. The molecule has 0 saturated heterocycles. The number of carboxylic acids is 1. The van der Waals surface area contributed by atoms with Crippen molar-refractivity contribution >= 4 is 11.9 Å². The van der Waals surface area contributed by atoms with Crippen molar-refractivity contribution in [1.82, 2.24) is 5.32 Å². The van der Waals surface area contributed by atoms with Crippen LogP contribution in [0.3, 0.4) is 0 Å². The number of halogens is 3. The van der Waals surface area contributed by atoms with E-state index < -0.39 is 35.6 Å². The SMILES string of the molecule is COc1ccc(C(NC(=O)C(C)Cc2cccc(C(F)(F)F)c2)C(=O)O)cc1. The lowest BCUT2D eigenvalue weighted by Crippen LogP contribution is -2.37. The van der Waals surface area contributed by atoms with E-state index >= 15 is 0 Å². The number of carbonyl (C=O) groups excluding carboxylic acids is 1. The second-order valence-corrected chi connectivity index (χ2v) is 6.36. The Hall–Kier alpha value is -3.03. The van der Waals surface area contributed by atoms with E-state index in [9.17, 15) is 27.9 Å². The summed E-state index contributed by atoms with van der Waals surface area (Å²) in [6, 6.07) is 9.64. The maximum Gasteiger partial charge on any atom is 0.416 e. The molecule has 150 valence electrons. The predicted molar refractivity (Wildman–Crippen MR) is 95.8 cm³/mol. The third-order valence-corrected chi connectivity index (χ3v) is 4.23. The summed E-state index contributed by atoms with van der Waals surface area (Å²) in [7, 11) is 1.47. The Morgan fingerprint density at radius 1 is 1.14 bits per heavy atom. The number of hydrogen-bond donors (Lipinski definition) is 2. The number of methoxy groups -OCH3 is 1. The molecular formula is C20H20F3NO4. The van der Waals surface area contributed by atoms with Crippen LogP contribution < -0.4 is 10.1 Å². The average Bonchev–Trinajstić information content (AvgIpc) is 2.65. The third-order valence-electron chi connectivity index (χ3n) is 4.23. The summed E-state index contributed by atoms with van der Waals surface area (Å²) in [6.07, 6.45) is -4.42. The van der Waals surface area contributed by atoms with Gasteiger partial charge >= 0.3 is 12.1 Å². The van der Waals surface area contributed by atoms with Crippen molar-refractivity contribution in [3.8, 4) is 5.75 Å². The number of carboxylic acid groups (broad SMARTS) is 1. The predicted octanol–water partition coefficient (Wildman–Crippen LogP) is 3.83. The first-order chi connectivity index (χ1) is 13.1. The van der Waals surface area contributed by atoms with Gasteiger partial charge in [-0.25, -0.2) is 4.79 Å². The number of aliphatic carboxylic acids is 1. The number of amides is 1. The summed E-state index contributed by atoms with van der Waals surface area (Å²) in [5.41, 5.74) is -0.0963. The number of rotatable bonds is 7. The van der Waals surface area contributed by atoms with Gasteiger partial charge in [-0.15, -0.1) is 0 Å². The molecule has 2 rings (SSSR count). The summed E-state index contributed by atoms with van der Waals surface area (Å²) in [5, 5.41) is 11.9. The zero-order valence-corrected chi connectivity index (χ0v) is 15.3. The van der Waals surface area contributed by atoms with E-state index in [4.69, 9.17) is 4.74 Å². The van der Waals surface area contributed by atoms with E-state index in [0.29, 0.717) is 16.9 Å². The zero-order valence-electron chi connectivity index (χ0n) is 15.3. The summed E-state index contributed by atoms with van der Waals surface area (Å²) >= 11 is 0. The number of alkyl halides is 3. The van der Waals surface area contributed by atoms with Crippen molar-refractivity contribution in [2.75, 3.05) is 7.11 Å². The van der Waals surface area contributed by atoms with E-state index in [1.54, 1.807) is 12.1 Å². The summed E-state index contributed by atoms with van der Waals surface area (Å²) < 4.78 is 43.5. The van der Waals surface area contributed by atoms with Gasteiger partial charge in [0.05, 0.1) is 12.7 Å². The highest BCUT2D eigenvalue weighted by Crippen LogP contribution is 2.30. The van der Waals surface area contributed by atoms with Crippen LogP contribution in [0.5, 0.6) is 5.75 Å². The first-order valence-electron chi connectivity index (χ1n) is 8.45. The highest BCUT2D eigenvalue weighted by Gasteiger charge is 2.31. The van der Waals surface area contributed by atoms with Gasteiger partial charge in [-0.3, -0.25) is 4.79 Å². The minimum atomic E-state index is -4.47. The van der Waals surface area contributed by atoms with E-state index in [-0.39, 0.29) is 6.42 Å². The molecule has 0 fully saturated rings. The minimum absolute atomic E-state index is 0.0463. The van der Waals surface area contributed by atoms with Crippen molar-refractivity contribution < 1.29 is 32.6 Å². The quantitative estimate of drug-likeness (QED) is 0.747. The van der Waals surface area contributed by atoms with Gasteiger partial charge in [0.15, 0.2) is 6.04 Å². The van der Waals surface area contributed by atoms with Gasteiger partial charge in [-0.05, 0) is 35.7 Å². The van der Waals surface area contributed by atoms with Crippen LogP contribution in [0, 0.1) is 5.92 Å². The molecule has 0 saturated carbocycles. The topological polar surface area (TPSA) is 75.6 Å². The Bertz CT molecular complexity index is 834. The molecule has 1 amide bonds. The fraction of sp³-hybridized carbons (Fsp3) is 0.300. The highest BCUT2D eigenvalue weighted by atomic mass is 19.4. The highest BCUT2D eigenvalue weighted by molar-refractivity contribution is 5.85. The maximum absolute atomic E-state index is 12.8. The Labute approximate surface area is 160 Å². The van der Waals surface area contributed by atoms with E-state index in [1.807, 2.05) is 0 Å². The molecule has 2 aromatic rings. The molecule has 0 heterocycles. The van der Waals surface area contributed by atoms with Crippen LogP contribution in [-0.2, 0) is 22.2 Å². The molecule has 0 aliphatic rings. The maximum atomic E-state index is 12.8. The Kier molecular flexibility index (Phi) is 6.66. The smallest absolute Gasteiger partial charge is 0.416 e. The van der Waals surface area contributed by atoms with Crippen LogP contribution in [0.15, 0.2) is 48.5 Å². The van der Waals surface area contributed by atoms with E-state index in [0.717, 1.165) is 12.1 Å². The molecule has 5 nitrogen and oxygen atoms in total. The van der Waals surface area contributed by atoms with Crippen molar-refractivity contribution in [2.24, 2.45) is 5.92 Å².